The number of rotatable bonds is 2. The van der Waals surface area contributed by atoms with Gasteiger partial charge in [0.15, 0.2) is 5.75 Å². The van der Waals surface area contributed by atoms with E-state index in [2.05, 4.69) is 31.2 Å². The van der Waals surface area contributed by atoms with Gasteiger partial charge in [0.1, 0.15) is 18.8 Å². The topological polar surface area (TPSA) is 67.4 Å². The van der Waals surface area contributed by atoms with Crippen molar-refractivity contribution in [1.29, 1.82) is 0 Å². The third-order valence-corrected chi connectivity index (χ3v) is 4.55. The van der Waals surface area contributed by atoms with Gasteiger partial charge in [0.2, 0.25) is 5.91 Å². The largest absolute Gasteiger partial charge is 0.489 e. The molecule has 25 heavy (non-hydrogen) atoms. The van der Waals surface area contributed by atoms with Gasteiger partial charge in [0.25, 0.3) is 0 Å². The molecular weight excluding hydrogens is 384 g/mol. The molecular formula is C18H15BrN4O2. The maximum atomic E-state index is 11.9. The van der Waals surface area contributed by atoms with Gasteiger partial charge in [-0.15, -0.1) is 0 Å². The molecule has 1 aliphatic rings. The number of ether oxygens (including phenoxy) is 1. The molecule has 1 amide bonds. The fraction of sp³-hybridized carbons (Fsp3) is 0.167. The lowest BCUT2D eigenvalue weighted by Crippen LogP contribution is -2.36. The Bertz CT molecular complexity index is 976. The minimum absolute atomic E-state index is 0.0118. The number of hydrogen-bond donors (Lipinski definition) is 1. The molecule has 0 saturated carbocycles. The van der Waals surface area contributed by atoms with E-state index in [4.69, 9.17) is 4.74 Å². The van der Waals surface area contributed by atoms with E-state index in [-0.39, 0.29) is 5.91 Å². The summed E-state index contributed by atoms with van der Waals surface area (Å²) in [5.41, 5.74) is 2.40. The fourth-order valence-corrected chi connectivity index (χ4v) is 3.35. The molecule has 0 atom stereocenters. The molecule has 6 nitrogen and oxygen atoms in total. The highest BCUT2D eigenvalue weighted by atomic mass is 79.9. The zero-order valence-corrected chi connectivity index (χ0v) is 15.1. The van der Waals surface area contributed by atoms with Crippen LogP contribution in [0.4, 0.5) is 17.2 Å². The summed E-state index contributed by atoms with van der Waals surface area (Å²) in [6, 6.07) is 11.6. The van der Waals surface area contributed by atoms with E-state index in [1.807, 2.05) is 36.4 Å². The number of aromatic nitrogens is 2. The first-order valence-electron chi connectivity index (χ1n) is 7.85. The van der Waals surface area contributed by atoms with Crippen LogP contribution in [-0.4, -0.2) is 29.0 Å². The molecule has 1 N–H and O–H groups in total. The molecule has 2 heterocycles. The Labute approximate surface area is 153 Å². The summed E-state index contributed by atoms with van der Waals surface area (Å²) in [5, 5.41) is 4.09. The fourth-order valence-electron chi connectivity index (χ4n) is 2.95. The lowest BCUT2D eigenvalue weighted by molar-refractivity contribution is -0.116. The Balaban J connectivity index is 1.88. The molecule has 0 spiro atoms. The lowest BCUT2D eigenvalue weighted by Gasteiger charge is -2.29. The SMILES string of the molecule is CC(=O)N1CCOc2c1ccc1ncnc(Nc3cccc(Br)c3)c21. The molecule has 0 fully saturated rings. The Morgan fingerprint density at radius 1 is 1.28 bits per heavy atom. The van der Waals surface area contributed by atoms with Crippen LogP contribution in [0.1, 0.15) is 6.92 Å². The summed E-state index contributed by atoms with van der Waals surface area (Å²) in [5.74, 6) is 1.27. The monoisotopic (exact) mass is 398 g/mol. The van der Waals surface area contributed by atoms with Crippen LogP contribution in [-0.2, 0) is 4.79 Å². The van der Waals surface area contributed by atoms with Crippen LogP contribution in [0.25, 0.3) is 10.9 Å². The number of anilines is 3. The molecule has 126 valence electrons. The quantitative estimate of drug-likeness (QED) is 0.709. The van der Waals surface area contributed by atoms with Crippen LogP contribution in [0.5, 0.6) is 5.75 Å². The second-order valence-electron chi connectivity index (χ2n) is 5.68. The molecule has 0 radical (unpaired) electrons. The third kappa shape index (κ3) is 2.91. The Kier molecular flexibility index (Phi) is 4.01. The second-order valence-corrected chi connectivity index (χ2v) is 6.60. The van der Waals surface area contributed by atoms with Crippen molar-refractivity contribution in [3.8, 4) is 5.75 Å². The number of halogens is 1. The summed E-state index contributed by atoms with van der Waals surface area (Å²) in [6.07, 6.45) is 1.51. The number of nitrogens with one attached hydrogen (secondary N) is 1. The Morgan fingerprint density at radius 2 is 2.16 bits per heavy atom. The van der Waals surface area contributed by atoms with Crippen LogP contribution in [0.2, 0.25) is 0 Å². The van der Waals surface area contributed by atoms with E-state index in [1.54, 1.807) is 11.8 Å². The first-order chi connectivity index (χ1) is 12.1. The third-order valence-electron chi connectivity index (χ3n) is 4.05. The van der Waals surface area contributed by atoms with Gasteiger partial charge in [0, 0.05) is 17.1 Å². The summed E-state index contributed by atoms with van der Waals surface area (Å²) in [4.78, 5) is 22.4. The van der Waals surface area contributed by atoms with E-state index in [1.165, 1.54) is 6.33 Å². The van der Waals surface area contributed by atoms with Crippen LogP contribution < -0.4 is 15.0 Å². The molecule has 7 heteroatoms. The highest BCUT2D eigenvalue weighted by Gasteiger charge is 2.25. The van der Waals surface area contributed by atoms with Crippen molar-refractivity contribution in [1.82, 2.24) is 9.97 Å². The van der Waals surface area contributed by atoms with Crippen molar-refractivity contribution in [3.63, 3.8) is 0 Å². The number of carbonyl (C=O) groups excluding carboxylic acids is 1. The smallest absolute Gasteiger partial charge is 0.224 e. The highest BCUT2D eigenvalue weighted by molar-refractivity contribution is 9.10. The average Bonchev–Trinajstić information content (AvgIpc) is 2.61. The van der Waals surface area contributed by atoms with Gasteiger partial charge >= 0.3 is 0 Å². The maximum absolute atomic E-state index is 11.9. The summed E-state index contributed by atoms with van der Waals surface area (Å²) in [7, 11) is 0. The van der Waals surface area contributed by atoms with Crippen molar-refractivity contribution in [3.05, 3.63) is 47.2 Å². The molecule has 1 aliphatic heterocycles. The summed E-state index contributed by atoms with van der Waals surface area (Å²) >= 11 is 3.47. The van der Waals surface area contributed by atoms with Crippen molar-refractivity contribution in [2.75, 3.05) is 23.4 Å². The number of benzene rings is 2. The van der Waals surface area contributed by atoms with Gasteiger partial charge in [0.05, 0.1) is 23.1 Å². The number of fused-ring (bicyclic) bond motifs is 3. The van der Waals surface area contributed by atoms with Gasteiger partial charge in [-0.05, 0) is 30.3 Å². The van der Waals surface area contributed by atoms with Crippen LogP contribution in [0.15, 0.2) is 47.2 Å². The number of carbonyl (C=O) groups is 1. The number of nitrogens with zero attached hydrogens (tertiary/aromatic N) is 3. The van der Waals surface area contributed by atoms with Crippen LogP contribution in [0.3, 0.4) is 0 Å². The zero-order valence-electron chi connectivity index (χ0n) is 13.5. The lowest BCUT2D eigenvalue weighted by atomic mass is 10.1. The van der Waals surface area contributed by atoms with Gasteiger partial charge in [-0.1, -0.05) is 22.0 Å². The van der Waals surface area contributed by atoms with E-state index in [0.717, 1.165) is 26.8 Å². The molecule has 4 rings (SSSR count). The molecule has 0 bridgehead atoms. The zero-order chi connectivity index (χ0) is 17.4. The predicted molar refractivity (Wildman–Crippen MR) is 100 cm³/mol. The number of hydrogen-bond acceptors (Lipinski definition) is 5. The van der Waals surface area contributed by atoms with Gasteiger partial charge < -0.3 is 15.0 Å². The molecule has 1 aromatic heterocycles. The predicted octanol–water partition coefficient (Wildman–Crippen LogP) is 3.88. The molecule has 0 saturated heterocycles. The van der Waals surface area contributed by atoms with Crippen molar-refractivity contribution < 1.29 is 9.53 Å². The maximum Gasteiger partial charge on any atom is 0.224 e. The highest BCUT2D eigenvalue weighted by Crippen LogP contribution is 2.41. The minimum Gasteiger partial charge on any atom is -0.489 e. The normalized spacial score (nSPS) is 13.3. The Hall–Kier alpha value is -2.67. The summed E-state index contributed by atoms with van der Waals surface area (Å²) < 4.78 is 6.87. The molecule has 2 aromatic carbocycles. The average molecular weight is 399 g/mol. The van der Waals surface area contributed by atoms with E-state index in [9.17, 15) is 4.79 Å². The first-order valence-corrected chi connectivity index (χ1v) is 8.64. The molecule has 0 aliphatic carbocycles. The van der Waals surface area contributed by atoms with Gasteiger partial charge in [-0.2, -0.15) is 0 Å². The standard InChI is InChI=1S/C18H15BrN4O2/c1-11(24)23-7-8-25-17-15(23)6-5-14-16(17)18(21-10-20-14)22-13-4-2-3-12(19)9-13/h2-6,9-10H,7-8H2,1H3,(H,20,21,22). The van der Waals surface area contributed by atoms with Crippen LogP contribution >= 0.6 is 15.9 Å². The van der Waals surface area contributed by atoms with E-state index in [0.29, 0.717) is 24.7 Å². The molecule has 0 unspecified atom stereocenters. The molecule has 3 aromatic rings. The van der Waals surface area contributed by atoms with Gasteiger partial charge in [-0.3, -0.25) is 4.79 Å². The Morgan fingerprint density at radius 3 is 2.96 bits per heavy atom. The summed E-state index contributed by atoms with van der Waals surface area (Å²) in [6.45, 7) is 2.54. The van der Waals surface area contributed by atoms with Crippen molar-refractivity contribution in [2.45, 2.75) is 6.92 Å². The van der Waals surface area contributed by atoms with Crippen LogP contribution in [0, 0.1) is 0 Å². The van der Waals surface area contributed by atoms with Crippen molar-refractivity contribution >= 4 is 49.9 Å². The van der Waals surface area contributed by atoms with E-state index < -0.39 is 0 Å². The number of amides is 1. The van der Waals surface area contributed by atoms with Gasteiger partial charge in [-0.25, -0.2) is 9.97 Å². The second kappa shape index (κ2) is 6.33. The minimum atomic E-state index is -0.0118. The van der Waals surface area contributed by atoms with Crippen molar-refractivity contribution in [2.24, 2.45) is 0 Å². The van der Waals surface area contributed by atoms with E-state index >= 15 is 0 Å². The first kappa shape index (κ1) is 15.8.